The first-order valence-corrected chi connectivity index (χ1v) is 8.18. The van der Waals surface area contributed by atoms with Gasteiger partial charge in [0.15, 0.2) is 6.19 Å². The van der Waals surface area contributed by atoms with Crippen LogP contribution in [-0.4, -0.2) is 49.7 Å². The van der Waals surface area contributed by atoms with Crippen LogP contribution in [-0.2, 0) is 0 Å². The number of nitrogens with zero attached hydrogens (tertiary/aromatic N) is 8. The fourth-order valence-corrected chi connectivity index (χ4v) is 3.44. The summed E-state index contributed by atoms with van der Waals surface area (Å²) in [6.45, 7) is 3.35. The van der Waals surface area contributed by atoms with Gasteiger partial charge in [-0.3, -0.25) is 0 Å². The zero-order valence-corrected chi connectivity index (χ0v) is 14.4. The summed E-state index contributed by atoms with van der Waals surface area (Å²) in [5, 5.41) is 31.2. The van der Waals surface area contributed by atoms with Crippen molar-refractivity contribution in [1.29, 1.82) is 10.5 Å². The van der Waals surface area contributed by atoms with Gasteiger partial charge in [0.05, 0.1) is 31.6 Å². The molecule has 1 saturated heterocycles. The second kappa shape index (κ2) is 6.05. The van der Waals surface area contributed by atoms with Gasteiger partial charge in [0.2, 0.25) is 0 Å². The highest BCUT2D eigenvalue weighted by molar-refractivity contribution is 5.74. The summed E-state index contributed by atoms with van der Waals surface area (Å²) in [5.41, 5.74) is 3.54. The molecule has 0 N–H and O–H groups in total. The minimum absolute atomic E-state index is 0.136. The molecular formula is C17H16N8O. The number of nitriles is 2. The first-order valence-electron chi connectivity index (χ1n) is 8.18. The molecular weight excluding hydrogens is 332 g/mol. The number of likely N-dealkylation sites (tertiary alicyclic amines) is 1. The van der Waals surface area contributed by atoms with Gasteiger partial charge in [0.25, 0.3) is 0 Å². The molecule has 0 bridgehead atoms. The molecule has 4 heterocycles. The number of ether oxygens (including phenoxy) is 1. The van der Waals surface area contributed by atoms with Crippen LogP contribution in [0.5, 0.6) is 5.75 Å². The largest absolute Gasteiger partial charge is 0.494 e. The minimum Gasteiger partial charge on any atom is -0.494 e. The number of hydrogen-bond acceptors (Lipinski definition) is 7. The maximum Gasteiger partial charge on any atom is 0.179 e. The Morgan fingerprint density at radius 1 is 1.35 bits per heavy atom. The van der Waals surface area contributed by atoms with Crippen LogP contribution < -0.4 is 4.74 Å². The standard InChI is InChI=1S/C17H16N8O/c1-11-16(21-22-25(11)14-3-4-23(9-14)10-19)12-5-15(26-2)17-13(6-18)7-20-24(17)8-12/h5,7-8,14H,3-4,9H2,1-2H3/t14-/m0/s1. The van der Waals surface area contributed by atoms with Crippen molar-refractivity contribution in [3.63, 3.8) is 0 Å². The molecule has 4 rings (SSSR count). The van der Waals surface area contributed by atoms with Crippen LogP contribution in [0.25, 0.3) is 16.8 Å². The SMILES string of the molecule is COc1cc(-c2nnn([C@H]3CCN(C#N)C3)c2C)cn2ncc(C#N)c12. The van der Waals surface area contributed by atoms with Crippen molar-refractivity contribution in [3.05, 3.63) is 29.7 Å². The maximum atomic E-state index is 9.23. The molecule has 0 amide bonds. The normalized spacial score (nSPS) is 16.6. The van der Waals surface area contributed by atoms with E-state index >= 15 is 0 Å². The Morgan fingerprint density at radius 2 is 2.19 bits per heavy atom. The third-order valence-electron chi connectivity index (χ3n) is 4.77. The molecule has 1 atom stereocenters. The van der Waals surface area contributed by atoms with Crippen molar-refractivity contribution in [2.24, 2.45) is 0 Å². The Bertz CT molecular complexity index is 1070. The van der Waals surface area contributed by atoms with Crippen LogP contribution in [0.3, 0.4) is 0 Å². The van der Waals surface area contributed by atoms with Crippen molar-refractivity contribution in [2.45, 2.75) is 19.4 Å². The fraction of sp³-hybridized carbons (Fsp3) is 0.353. The lowest BCUT2D eigenvalue weighted by molar-refractivity contribution is 0.415. The van der Waals surface area contributed by atoms with E-state index in [0.717, 1.165) is 29.9 Å². The highest BCUT2D eigenvalue weighted by Gasteiger charge is 2.26. The van der Waals surface area contributed by atoms with E-state index in [2.05, 4.69) is 27.7 Å². The average molecular weight is 348 g/mol. The second-order valence-electron chi connectivity index (χ2n) is 6.22. The molecule has 0 aromatic carbocycles. The van der Waals surface area contributed by atoms with E-state index in [1.165, 1.54) is 6.20 Å². The molecule has 0 aliphatic carbocycles. The molecule has 0 saturated carbocycles. The number of methoxy groups -OCH3 is 1. The Morgan fingerprint density at radius 3 is 2.88 bits per heavy atom. The van der Waals surface area contributed by atoms with Crippen molar-refractivity contribution in [2.75, 3.05) is 20.2 Å². The van der Waals surface area contributed by atoms with Crippen molar-refractivity contribution < 1.29 is 4.74 Å². The van der Waals surface area contributed by atoms with E-state index in [0.29, 0.717) is 23.4 Å². The van der Waals surface area contributed by atoms with Gasteiger partial charge in [0, 0.05) is 18.3 Å². The summed E-state index contributed by atoms with van der Waals surface area (Å²) >= 11 is 0. The molecule has 0 unspecified atom stereocenters. The molecule has 130 valence electrons. The average Bonchev–Trinajstić information content (AvgIpc) is 3.38. The summed E-state index contributed by atoms with van der Waals surface area (Å²) in [4.78, 5) is 1.73. The summed E-state index contributed by atoms with van der Waals surface area (Å²) in [7, 11) is 1.56. The highest BCUT2D eigenvalue weighted by atomic mass is 16.5. The van der Waals surface area contributed by atoms with Gasteiger partial charge in [0.1, 0.15) is 28.6 Å². The molecule has 0 radical (unpaired) electrons. The Hall–Kier alpha value is -3.59. The van der Waals surface area contributed by atoms with E-state index in [-0.39, 0.29) is 6.04 Å². The minimum atomic E-state index is 0.136. The first kappa shape index (κ1) is 15.9. The maximum absolute atomic E-state index is 9.23. The first-order chi connectivity index (χ1) is 12.7. The monoisotopic (exact) mass is 348 g/mol. The van der Waals surface area contributed by atoms with Crippen LogP contribution in [0.4, 0.5) is 0 Å². The van der Waals surface area contributed by atoms with Crippen molar-refractivity contribution in [1.82, 2.24) is 29.5 Å². The van der Waals surface area contributed by atoms with Crippen molar-refractivity contribution in [3.8, 4) is 29.3 Å². The smallest absolute Gasteiger partial charge is 0.179 e. The summed E-state index contributed by atoms with van der Waals surface area (Å²) < 4.78 is 8.96. The predicted octanol–water partition coefficient (Wildman–Crippen LogP) is 1.51. The van der Waals surface area contributed by atoms with Gasteiger partial charge in [-0.2, -0.15) is 15.6 Å². The van der Waals surface area contributed by atoms with Crippen LogP contribution in [0.1, 0.15) is 23.7 Å². The summed E-state index contributed by atoms with van der Waals surface area (Å²) in [6.07, 6.45) is 6.38. The van der Waals surface area contributed by atoms with Crippen molar-refractivity contribution >= 4 is 5.52 Å². The highest BCUT2D eigenvalue weighted by Crippen LogP contribution is 2.31. The third-order valence-corrected chi connectivity index (χ3v) is 4.77. The van der Waals surface area contributed by atoms with Crippen LogP contribution in [0, 0.1) is 29.7 Å². The number of aromatic nitrogens is 5. The van der Waals surface area contributed by atoms with Gasteiger partial charge < -0.3 is 9.64 Å². The second-order valence-corrected chi connectivity index (χ2v) is 6.22. The molecule has 1 aliphatic rings. The molecule has 0 spiro atoms. The van der Waals surface area contributed by atoms with Gasteiger partial charge in [-0.15, -0.1) is 5.10 Å². The van der Waals surface area contributed by atoms with E-state index in [9.17, 15) is 5.26 Å². The van der Waals surface area contributed by atoms with Gasteiger partial charge in [-0.1, -0.05) is 5.21 Å². The van der Waals surface area contributed by atoms with Crippen LogP contribution in [0.15, 0.2) is 18.5 Å². The van der Waals surface area contributed by atoms with E-state index < -0.39 is 0 Å². The molecule has 1 fully saturated rings. The van der Waals surface area contributed by atoms with E-state index in [1.807, 2.05) is 23.9 Å². The van der Waals surface area contributed by atoms with E-state index in [1.54, 1.807) is 16.5 Å². The number of rotatable bonds is 3. The van der Waals surface area contributed by atoms with Crippen LogP contribution in [0.2, 0.25) is 0 Å². The molecule has 3 aromatic rings. The molecule has 26 heavy (non-hydrogen) atoms. The van der Waals surface area contributed by atoms with Gasteiger partial charge in [-0.05, 0) is 19.4 Å². The molecule has 3 aromatic heterocycles. The Labute approximate surface area is 149 Å². The summed E-state index contributed by atoms with van der Waals surface area (Å²) in [5.74, 6) is 0.557. The summed E-state index contributed by atoms with van der Waals surface area (Å²) in [6, 6.07) is 4.10. The number of pyridine rings is 1. The number of fused-ring (bicyclic) bond motifs is 1. The lowest BCUT2D eigenvalue weighted by atomic mass is 10.1. The Kier molecular flexibility index (Phi) is 3.70. The van der Waals surface area contributed by atoms with Gasteiger partial charge in [-0.25, -0.2) is 9.20 Å². The zero-order chi connectivity index (χ0) is 18.3. The van der Waals surface area contributed by atoms with E-state index in [4.69, 9.17) is 10.00 Å². The Balaban J connectivity index is 1.77. The quantitative estimate of drug-likeness (QED) is 0.660. The molecule has 9 heteroatoms. The number of hydrogen-bond donors (Lipinski definition) is 0. The zero-order valence-electron chi connectivity index (χ0n) is 14.4. The molecule has 1 aliphatic heterocycles. The fourth-order valence-electron chi connectivity index (χ4n) is 3.44. The third kappa shape index (κ3) is 2.33. The molecule has 9 nitrogen and oxygen atoms in total. The predicted molar refractivity (Wildman–Crippen MR) is 91.1 cm³/mol. The topological polar surface area (TPSA) is 108 Å². The van der Waals surface area contributed by atoms with Gasteiger partial charge >= 0.3 is 0 Å². The lowest BCUT2D eigenvalue weighted by Gasteiger charge is -2.12. The van der Waals surface area contributed by atoms with Crippen LogP contribution >= 0.6 is 0 Å². The lowest BCUT2D eigenvalue weighted by Crippen LogP contribution is -2.17.